The van der Waals surface area contributed by atoms with Crippen LogP contribution in [0.2, 0.25) is 0 Å². The summed E-state index contributed by atoms with van der Waals surface area (Å²) in [6.45, 7) is 7.48. The third-order valence-corrected chi connectivity index (χ3v) is 5.38. The van der Waals surface area contributed by atoms with Gasteiger partial charge >= 0.3 is 0 Å². The van der Waals surface area contributed by atoms with Crippen molar-refractivity contribution in [1.82, 2.24) is 0 Å². The normalized spacial score (nSPS) is 15.7. The lowest BCUT2D eigenvalue weighted by Gasteiger charge is -2.17. The fourth-order valence-electron chi connectivity index (χ4n) is 3.64. The van der Waals surface area contributed by atoms with Crippen molar-refractivity contribution >= 4 is 6.47 Å². The van der Waals surface area contributed by atoms with Crippen LogP contribution in [0.25, 0.3) is 0 Å². The standard InChI is InChI=1S/C23H36O3/c1-22(2,3)11-7-4-5-9-19-15-20(17-21(25)16-19)10-6-8-12-23(13-14-23)26-18-24/h15-18,25H,4-14H2,1-3H3. The van der Waals surface area contributed by atoms with Gasteiger partial charge in [0, 0.05) is 0 Å². The van der Waals surface area contributed by atoms with Gasteiger partial charge in [-0.05, 0) is 86.5 Å². The number of rotatable bonds is 12. The topological polar surface area (TPSA) is 46.5 Å². The van der Waals surface area contributed by atoms with Crippen LogP contribution in [0.5, 0.6) is 5.75 Å². The minimum atomic E-state index is -0.140. The van der Waals surface area contributed by atoms with Gasteiger partial charge in [-0.2, -0.15) is 0 Å². The molecule has 0 saturated heterocycles. The van der Waals surface area contributed by atoms with E-state index in [0.717, 1.165) is 44.9 Å². The van der Waals surface area contributed by atoms with Crippen molar-refractivity contribution in [2.24, 2.45) is 5.41 Å². The molecule has 3 heteroatoms. The Kier molecular flexibility index (Phi) is 7.55. The molecule has 0 bridgehead atoms. The minimum absolute atomic E-state index is 0.140. The van der Waals surface area contributed by atoms with Gasteiger partial charge in [0.25, 0.3) is 6.47 Å². The number of hydrogen-bond donors (Lipinski definition) is 1. The number of hydrogen-bond acceptors (Lipinski definition) is 3. The van der Waals surface area contributed by atoms with E-state index < -0.39 is 0 Å². The number of aromatic hydroxyl groups is 1. The minimum Gasteiger partial charge on any atom is -0.508 e. The zero-order valence-electron chi connectivity index (χ0n) is 16.9. The highest BCUT2D eigenvalue weighted by Gasteiger charge is 2.44. The molecule has 0 unspecified atom stereocenters. The van der Waals surface area contributed by atoms with Crippen molar-refractivity contribution in [3.8, 4) is 5.75 Å². The number of phenolic OH excluding ortho intramolecular Hbond substituents is 1. The first-order chi connectivity index (χ1) is 12.3. The lowest BCUT2D eigenvalue weighted by atomic mass is 9.89. The summed E-state index contributed by atoms with van der Waals surface area (Å²) in [6, 6.07) is 6.04. The maximum absolute atomic E-state index is 10.5. The van der Waals surface area contributed by atoms with E-state index in [-0.39, 0.29) is 5.60 Å². The molecule has 1 saturated carbocycles. The second kappa shape index (κ2) is 9.43. The summed E-state index contributed by atoms with van der Waals surface area (Å²) < 4.78 is 5.20. The number of ether oxygens (including phenoxy) is 1. The van der Waals surface area contributed by atoms with E-state index in [1.165, 1.54) is 36.8 Å². The molecule has 2 rings (SSSR count). The van der Waals surface area contributed by atoms with Gasteiger partial charge in [-0.3, -0.25) is 4.79 Å². The monoisotopic (exact) mass is 360 g/mol. The van der Waals surface area contributed by atoms with Crippen LogP contribution in [-0.4, -0.2) is 17.2 Å². The van der Waals surface area contributed by atoms with Gasteiger partial charge in [0.05, 0.1) is 0 Å². The Morgan fingerprint density at radius 1 is 1.00 bits per heavy atom. The summed E-state index contributed by atoms with van der Waals surface area (Å²) in [5, 5.41) is 10.0. The highest BCUT2D eigenvalue weighted by molar-refractivity contribution is 5.39. The van der Waals surface area contributed by atoms with Crippen LogP contribution in [0.1, 0.15) is 89.7 Å². The highest BCUT2D eigenvalue weighted by atomic mass is 16.5. The zero-order chi connectivity index (χ0) is 19.0. The summed E-state index contributed by atoms with van der Waals surface area (Å²) in [5.41, 5.74) is 2.75. The molecule has 0 atom stereocenters. The summed E-state index contributed by atoms with van der Waals surface area (Å²) >= 11 is 0. The van der Waals surface area contributed by atoms with E-state index in [1.807, 2.05) is 12.1 Å². The van der Waals surface area contributed by atoms with Crippen LogP contribution < -0.4 is 0 Å². The lowest BCUT2D eigenvalue weighted by Crippen LogP contribution is -2.12. The van der Waals surface area contributed by atoms with E-state index in [9.17, 15) is 9.90 Å². The first kappa shape index (κ1) is 20.8. The van der Waals surface area contributed by atoms with Crippen molar-refractivity contribution < 1.29 is 14.6 Å². The summed E-state index contributed by atoms with van der Waals surface area (Å²) in [6.07, 6.45) is 12.1. The van der Waals surface area contributed by atoms with Crippen LogP contribution >= 0.6 is 0 Å². The lowest BCUT2D eigenvalue weighted by molar-refractivity contribution is -0.135. The SMILES string of the molecule is CC(C)(C)CCCCCc1cc(O)cc(CCCCC2(OC=O)CC2)c1. The predicted octanol–water partition coefficient (Wildman–Crippen LogP) is 5.96. The number of aryl methyl sites for hydroxylation is 2. The van der Waals surface area contributed by atoms with E-state index in [2.05, 4.69) is 26.8 Å². The van der Waals surface area contributed by atoms with Crippen LogP contribution in [0.4, 0.5) is 0 Å². The van der Waals surface area contributed by atoms with Crippen molar-refractivity contribution in [2.45, 2.75) is 97.0 Å². The van der Waals surface area contributed by atoms with Gasteiger partial charge in [-0.1, -0.05) is 39.7 Å². The van der Waals surface area contributed by atoms with Gasteiger partial charge < -0.3 is 9.84 Å². The summed E-state index contributed by atoms with van der Waals surface area (Å²) in [5.74, 6) is 0.384. The molecule has 3 nitrogen and oxygen atoms in total. The van der Waals surface area contributed by atoms with E-state index >= 15 is 0 Å². The third-order valence-electron chi connectivity index (χ3n) is 5.38. The molecule has 0 amide bonds. The molecule has 1 N–H and O–H groups in total. The number of benzene rings is 1. The maximum Gasteiger partial charge on any atom is 0.293 e. The average Bonchev–Trinajstić information content (AvgIpc) is 3.30. The number of phenols is 1. The van der Waals surface area contributed by atoms with E-state index in [4.69, 9.17) is 4.74 Å². The number of carbonyl (C=O) groups is 1. The molecule has 26 heavy (non-hydrogen) atoms. The summed E-state index contributed by atoms with van der Waals surface area (Å²) in [4.78, 5) is 10.5. The number of unbranched alkanes of at least 4 members (excludes halogenated alkanes) is 3. The molecule has 1 aliphatic rings. The van der Waals surface area contributed by atoms with Crippen molar-refractivity contribution in [2.75, 3.05) is 0 Å². The smallest absolute Gasteiger partial charge is 0.293 e. The van der Waals surface area contributed by atoms with Crippen LogP contribution in [0.3, 0.4) is 0 Å². The van der Waals surface area contributed by atoms with Gasteiger partial charge in [0.2, 0.25) is 0 Å². The average molecular weight is 361 g/mol. The molecule has 0 aliphatic heterocycles. The Hall–Kier alpha value is -1.51. The molecule has 1 fully saturated rings. The van der Waals surface area contributed by atoms with Crippen molar-refractivity contribution in [1.29, 1.82) is 0 Å². The molecule has 0 radical (unpaired) electrons. The van der Waals surface area contributed by atoms with E-state index in [1.54, 1.807) is 0 Å². The molecule has 146 valence electrons. The van der Waals surface area contributed by atoms with Gasteiger partial charge in [-0.15, -0.1) is 0 Å². The predicted molar refractivity (Wildman–Crippen MR) is 106 cm³/mol. The van der Waals surface area contributed by atoms with Crippen molar-refractivity contribution in [3.05, 3.63) is 29.3 Å². The zero-order valence-corrected chi connectivity index (χ0v) is 16.9. The molecule has 1 aromatic rings. The fourth-order valence-corrected chi connectivity index (χ4v) is 3.64. The molecule has 0 spiro atoms. The maximum atomic E-state index is 10.5. The van der Waals surface area contributed by atoms with Gasteiger partial charge in [-0.25, -0.2) is 0 Å². The molecular weight excluding hydrogens is 324 g/mol. The van der Waals surface area contributed by atoms with E-state index in [0.29, 0.717) is 17.6 Å². The first-order valence-corrected chi connectivity index (χ1v) is 10.3. The number of carbonyl (C=O) groups excluding carboxylic acids is 1. The Morgan fingerprint density at radius 2 is 1.62 bits per heavy atom. The Labute approximate surface area is 159 Å². The highest BCUT2D eigenvalue weighted by Crippen LogP contribution is 2.43. The van der Waals surface area contributed by atoms with Gasteiger partial charge in [0.15, 0.2) is 0 Å². The molecule has 0 aromatic heterocycles. The fraction of sp³-hybridized carbons (Fsp3) is 0.696. The van der Waals surface area contributed by atoms with Crippen LogP contribution in [0.15, 0.2) is 18.2 Å². The third kappa shape index (κ3) is 7.80. The first-order valence-electron chi connectivity index (χ1n) is 10.3. The Morgan fingerprint density at radius 3 is 2.15 bits per heavy atom. The Balaban J connectivity index is 1.70. The quantitative estimate of drug-likeness (QED) is 0.369. The second-order valence-electron chi connectivity index (χ2n) is 9.23. The largest absolute Gasteiger partial charge is 0.508 e. The van der Waals surface area contributed by atoms with Crippen LogP contribution in [-0.2, 0) is 22.4 Å². The molecule has 1 aliphatic carbocycles. The van der Waals surface area contributed by atoms with Crippen molar-refractivity contribution in [3.63, 3.8) is 0 Å². The molecular formula is C23H36O3. The second-order valence-corrected chi connectivity index (χ2v) is 9.23. The Bertz CT molecular complexity index is 567. The molecule has 0 heterocycles. The van der Waals surface area contributed by atoms with Crippen LogP contribution in [0, 0.1) is 5.41 Å². The summed E-state index contributed by atoms with van der Waals surface area (Å²) in [7, 11) is 0. The van der Waals surface area contributed by atoms with Gasteiger partial charge in [0.1, 0.15) is 11.4 Å². The molecule has 1 aromatic carbocycles.